The van der Waals surface area contributed by atoms with Crippen molar-refractivity contribution < 1.29 is 17.9 Å². The lowest BCUT2D eigenvalue weighted by Gasteiger charge is -2.16. The van der Waals surface area contributed by atoms with Gasteiger partial charge in [0, 0.05) is 18.9 Å². The molecule has 0 fully saturated rings. The largest absolute Gasteiger partial charge is 0.478 e. The maximum absolute atomic E-state index is 12.6. The van der Waals surface area contributed by atoms with Gasteiger partial charge in [0.25, 0.3) is 5.56 Å². The Labute approximate surface area is 169 Å². The summed E-state index contributed by atoms with van der Waals surface area (Å²) in [7, 11) is -3.41. The van der Waals surface area contributed by atoms with Crippen LogP contribution in [0.15, 0.2) is 46.1 Å². The summed E-state index contributed by atoms with van der Waals surface area (Å²) < 4.78 is 37.3. The molecule has 0 aliphatic rings. The first-order valence-electron chi connectivity index (χ1n) is 9.05. The molecule has 2 aromatic rings. The molecule has 0 saturated heterocycles. The first-order chi connectivity index (χ1) is 13.7. The highest BCUT2D eigenvalue weighted by Crippen LogP contribution is 2.26. The summed E-state index contributed by atoms with van der Waals surface area (Å²) >= 11 is 0. The van der Waals surface area contributed by atoms with Crippen molar-refractivity contribution in [3.05, 3.63) is 62.9 Å². The van der Waals surface area contributed by atoms with Gasteiger partial charge in [-0.2, -0.15) is 0 Å². The summed E-state index contributed by atoms with van der Waals surface area (Å²) in [6.07, 6.45) is 6.48. The SMILES string of the molecule is C#C[C@@H](C)Oc1cccc([C@@H](C)S(=O)(=O)CCCOCn2ccc(=O)[nH]c2=O)c1. The van der Waals surface area contributed by atoms with Crippen LogP contribution in [-0.4, -0.2) is 36.4 Å². The van der Waals surface area contributed by atoms with Crippen molar-refractivity contribution in [3.8, 4) is 18.1 Å². The number of terminal acetylenes is 1. The average molecular weight is 420 g/mol. The topological polar surface area (TPSA) is 107 Å². The van der Waals surface area contributed by atoms with E-state index < -0.39 is 32.4 Å². The minimum atomic E-state index is -3.41. The van der Waals surface area contributed by atoms with E-state index in [1.807, 2.05) is 0 Å². The molecule has 0 spiro atoms. The van der Waals surface area contributed by atoms with Crippen molar-refractivity contribution in [2.75, 3.05) is 12.4 Å². The number of benzene rings is 1. The van der Waals surface area contributed by atoms with Crippen LogP contribution >= 0.6 is 0 Å². The van der Waals surface area contributed by atoms with Crippen molar-refractivity contribution in [2.24, 2.45) is 0 Å². The van der Waals surface area contributed by atoms with E-state index >= 15 is 0 Å². The number of rotatable bonds is 10. The van der Waals surface area contributed by atoms with Crippen molar-refractivity contribution in [1.29, 1.82) is 0 Å². The number of nitrogens with one attached hydrogen (secondary N) is 1. The fraction of sp³-hybridized carbons (Fsp3) is 0.400. The molecular weight excluding hydrogens is 396 g/mol. The van der Waals surface area contributed by atoms with Crippen LogP contribution in [0.4, 0.5) is 0 Å². The molecule has 1 N–H and O–H groups in total. The Morgan fingerprint density at radius 2 is 2.00 bits per heavy atom. The quantitative estimate of drug-likeness (QED) is 0.461. The Bertz CT molecular complexity index is 1080. The molecule has 0 bridgehead atoms. The van der Waals surface area contributed by atoms with E-state index in [0.717, 1.165) is 0 Å². The maximum atomic E-state index is 12.6. The number of hydrogen-bond donors (Lipinski definition) is 1. The van der Waals surface area contributed by atoms with E-state index in [1.165, 1.54) is 16.8 Å². The monoisotopic (exact) mass is 420 g/mol. The zero-order valence-electron chi connectivity index (χ0n) is 16.3. The van der Waals surface area contributed by atoms with Gasteiger partial charge in [0.05, 0.1) is 11.0 Å². The zero-order chi connectivity index (χ0) is 21.4. The molecule has 0 amide bonds. The molecule has 8 nitrogen and oxygen atoms in total. The summed E-state index contributed by atoms with van der Waals surface area (Å²) in [5, 5.41) is -0.714. The number of sulfone groups is 1. The Balaban J connectivity index is 1.88. The van der Waals surface area contributed by atoms with Crippen LogP contribution < -0.4 is 16.0 Å². The van der Waals surface area contributed by atoms with Gasteiger partial charge in [-0.3, -0.25) is 14.3 Å². The maximum Gasteiger partial charge on any atom is 0.330 e. The number of hydrogen-bond acceptors (Lipinski definition) is 6. The van der Waals surface area contributed by atoms with Crippen LogP contribution in [0.3, 0.4) is 0 Å². The molecule has 0 unspecified atom stereocenters. The average Bonchev–Trinajstić information content (AvgIpc) is 2.68. The van der Waals surface area contributed by atoms with Crippen LogP contribution in [0.1, 0.15) is 31.1 Å². The number of aromatic amines is 1. The van der Waals surface area contributed by atoms with Crippen molar-refractivity contribution in [2.45, 2.75) is 38.4 Å². The van der Waals surface area contributed by atoms with Crippen molar-refractivity contribution in [1.82, 2.24) is 9.55 Å². The molecule has 2 atom stereocenters. The molecule has 0 aliphatic carbocycles. The fourth-order valence-electron chi connectivity index (χ4n) is 2.53. The number of H-pyrrole nitrogens is 1. The normalized spacial score (nSPS) is 13.4. The lowest BCUT2D eigenvalue weighted by Crippen LogP contribution is -2.29. The van der Waals surface area contributed by atoms with E-state index in [9.17, 15) is 18.0 Å². The second-order valence-electron chi connectivity index (χ2n) is 6.48. The molecule has 1 aromatic carbocycles. The fourth-order valence-corrected chi connectivity index (χ4v) is 3.97. The van der Waals surface area contributed by atoms with Crippen LogP contribution in [0, 0.1) is 12.3 Å². The Kier molecular flexibility index (Phi) is 7.82. The Morgan fingerprint density at radius 1 is 1.24 bits per heavy atom. The van der Waals surface area contributed by atoms with Gasteiger partial charge in [0.15, 0.2) is 15.9 Å². The van der Waals surface area contributed by atoms with Gasteiger partial charge in [-0.05, 0) is 38.0 Å². The summed E-state index contributed by atoms with van der Waals surface area (Å²) in [5.41, 5.74) is -0.457. The smallest absolute Gasteiger partial charge is 0.330 e. The first-order valence-corrected chi connectivity index (χ1v) is 10.8. The lowest BCUT2D eigenvalue weighted by atomic mass is 10.1. The van der Waals surface area contributed by atoms with E-state index in [4.69, 9.17) is 15.9 Å². The van der Waals surface area contributed by atoms with Gasteiger partial charge in [-0.25, -0.2) is 13.2 Å². The minimum Gasteiger partial charge on any atom is -0.478 e. The molecule has 9 heteroatoms. The summed E-state index contributed by atoms with van der Waals surface area (Å²) in [6.45, 7) is 3.44. The second kappa shape index (κ2) is 10.1. The van der Waals surface area contributed by atoms with Crippen molar-refractivity contribution in [3.63, 3.8) is 0 Å². The molecule has 0 aliphatic heterocycles. The predicted octanol–water partition coefficient (Wildman–Crippen LogP) is 1.48. The van der Waals surface area contributed by atoms with Gasteiger partial charge in [-0.1, -0.05) is 18.1 Å². The third-order valence-corrected chi connectivity index (χ3v) is 6.47. The van der Waals surface area contributed by atoms with Gasteiger partial charge < -0.3 is 9.47 Å². The molecule has 0 saturated carbocycles. The highest BCUT2D eigenvalue weighted by Gasteiger charge is 2.22. The standard InChI is InChI=1S/C20H24N2O6S/c1-4-15(2)28-18-8-5-7-17(13-18)16(3)29(25,26)12-6-11-27-14-22-10-9-19(23)21-20(22)24/h1,5,7-10,13,15-16H,6,11-12,14H2,2-3H3,(H,21,23,24)/t15-,16-/m1/s1. The molecule has 2 rings (SSSR count). The van der Waals surface area contributed by atoms with E-state index in [0.29, 0.717) is 11.3 Å². The zero-order valence-corrected chi connectivity index (χ0v) is 17.1. The third kappa shape index (κ3) is 6.62. The van der Waals surface area contributed by atoms with Crippen LogP contribution in [-0.2, 0) is 21.3 Å². The number of aromatic nitrogens is 2. The number of nitrogens with zero attached hydrogens (tertiary/aromatic N) is 1. The van der Waals surface area contributed by atoms with Gasteiger partial charge in [-0.15, -0.1) is 6.42 Å². The van der Waals surface area contributed by atoms with Crippen molar-refractivity contribution >= 4 is 9.84 Å². The predicted molar refractivity (Wildman–Crippen MR) is 109 cm³/mol. The van der Waals surface area contributed by atoms with Gasteiger partial charge >= 0.3 is 5.69 Å². The summed E-state index contributed by atoms with van der Waals surface area (Å²) in [6, 6.07) is 8.07. The van der Waals surface area contributed by atoms with E-state index in [-0.39, 0.29) is 25.5 Å². The first kappa shape index (κ1) is 22.5. The molecule has 156 valence electrons. The Hall–Kier alpha value is -2.83. The third-order valence-electron chi connectivity index (χ3n) is 4.26. The number of ether oxygens (including phenoxy) is 2. The molecule has 29 heavy (non-hydrogen) atoms. The molecule has 0 radical (unpaired) electrons. The molecular formula is C20H24N2O6S. The highest BCUT2D eigenvalue weighted by atomic mass is 32.2. The second-order valence-corrected chi connectivity index (χ2v) is 8.92. The minimum absolute atomic E-state index is 0.0689. The van der Waals surface area contributed by atoms with Crippen LogP contribution in [0.2, 0.25) is 0 Å². The van der Waals surface area contributed by atoms with E-state index in [1.54, 1.807) is 38.1 Å². The molecule has 1 heterocycles. The van der Waals surface area contributed by atoms with Crippen LogP contribution in [0.5, 0.6) is 5.75 Å². The highest BCUT2D eigenvalue weighted by molar-refractivity contribution is 7.91. The lowest BCUT2D eigenvalue weighted by molar-refractivity contribution is 0.0745. The van der Waals surface area contributed by atoms with E-state index in [2.05, 4.69) is 10.9 Å². The summed E-state index contributed by atoms with van der Waals surface area (Å²) in [4.78, 5) is 24.7. The Morgan fingerprint density at radius 3 is 2.69 bits per heavy atom. The summed E-state index contributed by atoms with van der Waals surface area (Å²) in [5.74, 6) is 2.91. The van der Waals surface area contributed by atoms with Gasteiger partial charge in [0.1, 0.15) is 12.5 Å². The van der Waals surface area contributed by atoms with Gasteiger partial charge in [0.2, 0.25) is 0 Å². The molecule has 1 aromatic heterocycles. The van der Waals surface area contributed by atoms with Crippen LogP contribution in [0.25, 0.3) is 0 Å².